The second-order valence-corrected chi connectivity index (χ2v) is 25.2. The molecule has 5 heterocycles. The molecule has 1 aliphatic carbocycles. The van der Waals surface area contributed by atoms with Gasteiger partial charge in [-0.05, 0) is 84.6 Å². The van der Waals surface area contributed by atoms with E-state index in [9.17, 15) is 38.4 Å². The average molecular weight is 1390 g/mol. The molecule has 1 unspecified atom stereocenters. The smallest absolute Gasteiger partial charge is 0.260 e. The Bertz CT molecular complexity index is 3480. The number of ketones is 1. The summed E-state index contributed by atoms with van der Waals surface area (Å²) in [6, 6.07) is 13.3. The Balaban J connectivity index is 0.564. The van der Waals surface area contributed by atoms with Crippen molar-refractivity contribution >= 4 is 82.2 Å². The molecule has 0 aromatic heterocycles. The number of nitrogens with one attached hydrogen (secondary N) is 3. The van der Waals surface area contributed by atoms with Crippen LogP contribution in [-0.4, -0.2) is 232 Å². The summed E-state index contributed by atoms with van der Waals surface area (Å²) < 4.78 is 62.1. The van der Waals surface area contributed by atoms with Crippen LogP contribution in [0.2, 0.25) is 0 Å². The molecule has 540 valence electrons. The Morgan fingerprint density at radius 1 is 0.580 bits per heavy atom. The normalized spacial score (nSPS) is 17.3. The minimum atomic E-state index is -0.781. The maximum atomic E-state index is 14.1. The highest BCUT2D eigenvalue weighted by atomic mass is 16.6. The van der Waals surface area contributed by atoms with Crippen LogP contribution in [0.1, 0.15) is 104 Å². The molecule has 7 amide bonds. The molecule has 3 N–H and O–H groups in total. The fraction of sp³-hybridized carbons (Fsp3) is 0.534. The molecule has 1 saturated carbocycles. The maximum Gasteiger partial charge on any atom is 0.260 e. The fourth-order valence-corrected chi connectivity index (χ4v) is 11.6. The van der Waals surface area contributed by atoms with Crippen molar-refractivity contribution in [2.75, 3.05) is 144 Å². The maximum absolute atomic E-state index is 14.1. The van der Waals surface area contributed by atoms with Gasteiger partial charge in [0.05, 0.1) is 167 Å². The fourth-order valence-electron chi connectivity index (χ4n) is 11.6. The van der Waals surface area contributed by atoms with E-state index >= 15 is 0 Å². The minimum absolute atomic E-state index is 0.0305. The predicted octanol–water partition coefficient (Wildman–Crippen LogP) is 6.68. The lowest BCUT2D eigenvalue weighted by atomic mass is 9.92. The zero-order chi connectivity index (χ0) is 70.8. The van der Waals surface area contributed by atoms with Crippen LogP contribution in [0.4, 0.5) is 17.1 Å². The summed E-state index contributed by atoms with van der Waals surface area (Å²) in [5.41, 5.74) is 6.48. The Morgan fingerprint density at radius 2 is 1.10 bits per heavy atom. The van der Waals surface area contributed by atoms with Gasteiger partial charge in [-0.2, -0.15) is 0 Å². The van der Waals surface area contributed by atoms with E-state index in [-0.39, 0.29) is 92.3 Å². The molecular weight excluding hydrogens is 1290 g/mol. The van der Waals surface area contributed by atoms with Gasteiger partial charge in [-0.1, -0.05) is 32.9 Å². The van der Waals surface area contributed by atoms with Gasteiger partial charge in [-0.15, -0.1) is 0 Å². The zero-order valence-electron chi connectivity index (χ0n) is 57.8. The number of imide groups is 1. The van der Waals surface area contributed by atoms with Crippen LogP contribution in [0, 0.1) is 24.7 Å². The molecular formula is C73H94N8O19. The molecule has 3 aromatic rings. The van der Waals surface area contributed by atoms with Crippen LogP contribution < -0.4 is 30.2 Å². The van der Waals surface area contributed by atoms with Crippen LogP contribution in [0.15, 0.2) is 88.6 Å². The first-order chi connectivity index (χ1) is 48.5. The van der Waals surface area contributed by atoms with E-state index in [4.69, 9.17) is 62.1 Å². The van der Waals surface area contributed by atoms with E-state index in [1.54, 1.807) is 60.4 Å². The van der Waals surface area contributed by atoms with Crippen molar-refractivity contribution in [1.82, 2.24) is 25.3 Å². The number of benzene rings is 3. The number of Topliss-reactive ketones (excluding diaryl/α,β-unsaturated/α-hetero) is 1. The van der Waals surface area contributed by atoms with Crippen molar-refractivity contribution in [2.45, 2.75) is 97.2 Å². The average Bonchev–Trinajstić information content (AvgIpc) is 1.62. The first kappa shape index (κ1) is 75.7. The Hall–Kier alpha value is -8.54. The van der Waals surface area contributed by atoms with Gasteiger partial charge in [0.2, 0.25) is 17.7 Å². The summed E-state index contributed by atoms with van der Waals surface area (Å²) >= 11 is 0. The van der Waals surface area contributed by atoms with Gasteiger partial charge in [-0.25, -0.2) is 0 Å². The molecule has 6 aliphatic rings. The van der Waals surface area contributed by atoms with Gasteiger partial charge in [0, 0.05) is 106 Å². The summed E-state index contributed by atoms with van der Waals surface area (Å²) in [4.78, 5) is 116. The second kappa shape index (κ2) is 38.9. The monoisotopic (exact) mass is 1390 g/mol. The van der Waals surface area contributed by atoms with E-state index in [1.165, 1.54) is 30.6 Å². The SMILES string of the molecule is COc1cc2c(cc1OCCCOc1cc3c(cc1C)C(=O)N1C=C(c4ccc(NC(=O)[C@H](C)CC(=O)C(NC(=O)CCOCCOCCOCCOCCOCCOCCOCCOCCNC(=O)CCN5C(=O)C=CC5=O)C(C)C)cc4)C[C@H]1C=N3)N=C[C@@H]1CC(C3CC3)=CN1C2=O. The van der Waals surface area contributed by atoms with E-state index in [2.05, 4.69) is 16.0 Å². The van der Waals surface area contributed by atoms with Gasteiger partial charge in [0.25, 0.3) is 23.6 Å². The van der Waals surface area contributed by atoms with Crippen LogP contribution in [0.5, 0.6) is 17.2 Å². The van der Waals surface area contributed by atoms with E-state index in [1.807, 2.05) is 57.6 Å². The highest BCUT2D eigenvalue weighted by molar-refractivity contribution is 6.13. The summed E-state index contributed by atoms with van der Waals surface area (Å²) in [6.07, 6.45) is 14.1. The molecule has 1 fully saturated rings. The molecule has 3 aromatic carbocycles. The van der Waals surface area contributed by atoms with E-state index < -0.39 is 23.8 Å². The number of methoxy groups -OCH3 is 1. The number of nitrogens with zero attached hydrogens (tertiary/aromatic N) is 5. The molecule has 100 heavy (non-hydrogen) atoms. The topological polar surface area (TPSA) is 309 Å². The first-order valence-electron chi connectivity index (χ1n) is 34.5. The number of ether oxygens (including phenoxy) is 11. The van der Waals surface area contributed by atoms with E-state index in [0.29, 0.717) is 176 Å². The Morgan fingerprint density at radius 3 is 1.66 bits per heavy atom. The highest BCUT2D eigenvalue weighted by Gasteiger charge is 2.39. The number of amides is 7. The minimum Gasteiger partial charge on any atom is -0.493 e. The van der Waals surface area contributed by atoms with E-state index in [0.717, 1.165) is 28.0 Å². The number of aryl methyl sites for hydroxylation is 1. The molecule has 27 nitrogen and oxygen atoms in total. The summed E-state index contributed by atoms with van der Waals surface area (Å²) in [7, 11) is 1.55. The Labute approximate surface area is 583 Å². The van der Waals surface area contributed by atoms with Crippen molar-refractivity contribution in [3.05, 3.63) is 101 Å². The van der Waals surface area contributed by atoms with Crippen molar-refractivity contribution < 1.29 is 90.5 Å². The number of hydrogen-bond donors (Lipinski definition) is 3. The molecule has 0 bridgehead atoms. The number of anilines is 1. The van der Waals surface area contributed by atoms with Crippen LogP contribution in [0.3, 0.4) is 0 Å². The summed E-state index contributed by atoms with van der Waals surface area (Å²) in [6.45, 7) is 14.0. The molecule has 9 rings (SSSR count). The van der Waals surface area contributed by atoms with Crippen LogP contribution in [0.25, 0.3) is 5.57 Å². The van der Waals surface area contributed by atoms with Crippen molar-refractivity contribution in [2.24, 2.45) is 27.7 Å². The number of aliphatic imine (C=N–C) groups is 2. The Kier molecular flexibility index (Phi) is 29.4. The summed E-state index contributed by atoms with van der Waals surface area (Å²) in [5.74, 6) is -1.04. The predicted molar refractivity (Wildman–Crippen MR) is 369 cm³/mol. The molecule has 0 radical (unpaired) electrons. The van der Waals surface area contributed by atoms with Crippen LogP contribution in [-0.2, 0) is 66.7 Å². The third kappa shape index (κ3) is 22.5. The summed E-state index contributed by atoms with van der Waals surface area (Å²) in [5, 5.41) is 8.43. The second-order valence-electron chi connectivity index (χ2n) is 25.2. The number of fused-ring (bicyclic) bond motifs is 4. The van der Waals surface area contributed by atoms with Gasteiger partial charge in [0.15, 0.2) is 17.3 Å². The molecule has 27 heteroatoms. The van der Waals surface area contributed by atoms with Crippen molar-refractivity contribution in [3.63, 3.8) is 0 Å². The number of carbonyl (C=O) groups is 8. The largest absolute Gasteiger partial charge is 0.493 e. The molecule has 5 aliphatic heterocycles. The standard InChI is InChI=1S/C73H94N8O19/c1-48(2)70(78-67(84)16-21-91-23-25-93-27-29-95-31-33-97-35-36-98-34-32-96-30-28-94-26-24-92-22-17-74-66(83)15-18-79-68(85)13-14-69(79)86)62(82)38-50(4)71(87)77-55-11-9-52(10-12-55)54-40-56-44-75-60-42-63(49(3)37-58(60)72(88)80(56)47-54)99-19-6-20-100-65-43-61-59(41-64(65)90-5)73(89)81-46-53(51-7-8-51)39-57(81)45-76-61/h9-14,37,41-48,50-51,56-57,70H,6-8,15-36,38-40H2,1-5H3,(H,74,83)(H,77,87)(H,78,84)/t50-,56+,57+,70?/m1/s1. The first-order valence-corrected chi connectivity index (χ1v) is 34.5. The lowest BCUT2D eigenvalue weighted by molar-refractivity contribution is -0.137. The molecule has 0 saturated heterocycles. The number of carbonyl (C=O) groups excluding carboxylic acids is 8. The molecule has 4 atom stereocenters. The number of hydrogen-bond acceptors (Lipinski definition) is 21. The van der Waals surface area contributed by atoms with Gasteiger partial charge >= 0.3 is 0 Å². The van der Waals surface area contributed by atoms with Crippen molar-refractivity contribution in [1.29, 1.82) is 0 Å². The lowest BCUT2D eigenvalue weighted by Crippen LogP contribution is -2.45. The van der Waals surface area contributed by atoms with Gasteiger partial charge in [0.1, 0.15) is 5.75 Å². The highest BCUT2D eigenvalue weighted by Crippen LogP contribution is 2.45. The van der Waals surface area contributed by atoms with Gasteiger partial charge < -0.3 is 77.9 Å². The third-order valence-corrected chi connectivity index (χ3v) is 17.3. The lowest BCUT2D eigenvalue weighted by Gasteiger charge is -2.23. The quantitative estimate of drug-likeness (QED) is 0.0392. The van der Waals surface area contributed by atoms with Crippen LogP contribution >= 0.6 is 0 Å². The van der Waals surface area contributed by atoms with Crippen molar-refractivity contribution in [3.8, 4) is 17.2 Å². The third-order valence-electron chi connectivity index (χ3n) is 17.3. The molecule has 0 spiro atoms. The number of rotatable bonds is 46. The zero-order valence-corrected chi connectivity index (χ0v) is 57.8. The van der Waals surface area contributed by atoms with Gasteiger partial charge in [-0.3, -0.25) is 53.2 Å².